The molecule has 0 aliphatic rings. The van der Waals surface area contributed by atoms with Crippen molar-refractivity contribution in [1.29, 1.82) is 0 Å². The van der Waals surface area contributed by atoms with Gasteiger partial charge in [0, 0.05) is 6.61 Å². The molecule has 0 aliphatic heterocycles. The highest BCUT2D eigenvalue weighted by Crippen LogP contribution is 2.12. The fraction of sp³-hybridized carbons (Fsp3) is 0.889. The van der Waals surface area contributed by atoms with E-state index in [9.17, 15) is 0 Å². The molecule has 1 nitrogen and oxygen atoms in total. The molecule has 0 bridgehead atoms. The first kappa shape index (κ1) is 18.7. The van der Waals surface area contributed by atoms with E-state index in [0.29, 0.717) is 6.61 Å². The van der Waals surface area contributed by atoms with Gasteiger partial charge < -0.3 is 5.11 Å². The summed E-state index contributed by atoms with van der Waals surface area (Å²) in [7, 11) is 0. The standard InChI is InChI=1S/C18H36O/c1-2-3-4-5-6-7-8-9-10-11-12-13-14-15-16-17-18-19/h2-3,19H,4-18H2,1H3/b3-2-. The lowest BCUT2D eigenvalue weighted by molar-refractivity contribution is 0.282. The van der Waals surface area contributed by atoms with Crippen LogP contribution in [0.5, 0.6) is 0 Å². The Labute approximate surface area is 121 Å². The highest BCUT2D eigenvalue weighted by Gasteiger charge is 1.93. The number of hydrogen-bond donors (Lipinski definition) is 1. The summed E-state index contributed by atoms with van der Waals surface area (Å²) in [6, 6.07) is 0. The molecule has 0 radical (unpaired) electrons. The van der Waals surface area contributed by atoms with Gasteiger partial charge in [-0.1, -0.05) is 82.8 Å². The number of rotatable bonds is 15. The summed E-state index contributed by atoms with van der Waals surface area (Å²) in [6.45, 7) is 2.47. The van der Waals surface area contributed by atoms with E-state index in [1.165, 1.54) is 83.5 Å². The van der Waals surface area contributed by atoms with Gasteiger partial charge in [0.25, 0.3) is 0 Å². The summed E-state index contributed by atoms with van der Waals surface area (Å²) in [5.41, 5.74) is 0. The van der Waals surface area contributed by atoms with Crippen molar-refractivity contribution < 1.29 is 5.11 Å². The Bertz CT molecular complexity index is 175. The van der Waals surface area contributed by atoms with E-state index in [1.807, 2.05) is 0 Å². The zero-order valence-corrected chi connectivity index (χ0v) is 13.2. The lowest BCUT2D eigenvalue weighted by Crippen LogP contribution is -1.85. The number of unbranched alkanes of at least 4 members (excludes halogenated alkanes) is 13. The molecule has 114 valence electrons. The van der Waals surface area contributed by atoms with Crippen LogP contribution in [-0.4, -0.2) is 11.7 Å². The van der Waals surface area contributed by atoms with Crippen LogP contribution in [0.3, 0.4) is 0 Å². The molecule has 1 N–H and O–H groups in total. The quantitative estimate of drug-likeness (QED) is 0.284. The molecule has 0 atom stereocenters. The molecule has 0 aromatic rings. The van der Waals surface area contributed by atoms with Gasteiger partial charge in [-0.05, 0) is 26.2 Å². The third-order valence-corrected chi connectivity index (χ3v) is 3.76. The third-order valence-electron chi connectivity index (χ3n) is 3.76. The fourth-order valence-corrected chi connectivity index (χ4v) is 2.49. The predicted octanol–water partition coefficient (Wildman–Crippen LogP) is 6.02. The molecule has 0 rings (SSSR count). The molecule has 0 amide bonds. The second kappa shape index (κ2) is 17.7. The van der Waals surface area contributed by atoms with E-state index in [1.54, 1.807) is 0 Å². The zero-order valence-electron chi connectivity index (χ0n) is 13.2. The van der Waals surface area contributed by atoms with Gasteiger partial charge in [-0.3, -0.25) is 0 Å². The van der Waals surface area contributed by atoms with Gasteiger partial charge in [0.05, 0.1) is 0 Å². The van der Waals surface area contributed by atoms with Crippen molar-refractivity contribution in [3.63, 3.8) is 0 Å². The maximum atomic E-state index is 8.67. The van der Waals surface area contributed by atoms with Crippen molar-refractivity contribution in [1.82, 2.24) is 0 Å². The maximum absolute atomic E-state index is 8.67. The topological polar surface area (TPSA) is 20.2 Å². The second-order valence-electron chi connectivity index (χ2n) is 5.68. The summed E-state index contributed by atoms with van der Waals surface area (Å²) < 4.78 is 0. The number of allylic oxidation sites excluding steroid dienone is 2. The molecule has 0 spiro atoms. The van der Waals surface area contributed by atoms with Crippen LogP contribution in [0.25, 0.3) is 0 Å². The van der Waals surface area contributed by atoms with E-state index in [0.717, 1.165) is 6.42 Å². The molecule has 0 saturated heterocycles. The van der Waals surface area contributed by atoms with Crippen molar-refractivity contribution in [2.24, 2.45) is 0 Å². The fourth-order valence-electron chi connectivity index (χ4n) is 2.49. The SMILES string of the molecule is C/C=C\CCCCCCCCCCCCCCCO. The van der Waals surface area contributed by atoms with Crippen molar-refractivity contribution >= 4 is 0 Å². The second-order valence-corrected chi connectivity index (χ2v) is 5.68. The Morgan fingerprint density at radius 2 is 0.947 bits per heavy atom. The van der Waals surface area contributed by atoms with Crippen LogP contribution >= 0.6 is 0 Å². The summed E-state index contributed by atoms with van der Waals surface area (Å²) >= 11 is 0. The summed E-state index contributed by atoms with van der Waals surface area (Å²) in [5, 5.41) is 8.67. The lowest BCUT2D eigenvalue weighted by Gasteiger charge is -2.02. The Hall–Kier alpha value is -0.300. The number of aliphatic hydroxyl groups excluding tert-OH is 1. The Morgan fingerprint density at radius 1 is 0.579 bits per heavy atom. The molecule has 0 aliphatic carbocycles. The number of hydrogen-bond acceptors (Lipinski definition) is 1. The molecular weight excluding hydrogens is 232 g/mol. The van der Waals surface area contributed by atoms with Gasteiger partial charge in [-0.15, -0.1) is 0 Å². The smallest absolute Gasteiger partial charge is 0.0431 e. The van der Waals surface area contributed by atoms with Crippen LogP contribution in [-0.2, 0) is 0 Å². The lowest BCUT2D eigenvalue weighted by atomic mass is 10.0. The first-order chi connectivity index (χ1) is 9.41. The Morgan fingerprint density at radius 3 is 1.32 bits per heavy atom. The van der Waals surface area contributed by atoms with E-state index in [4.69, 9.17) is 5.11 Å². The first-order valence-electron chi connectivity index (χ1n) is 8.64. The largest absolute Gasteiger partial charge is 0.396 e. The molecule has 0 aromatic carbocycles. The van der Waals surface area contributed by atoms with Crippen LogP contribution in [0.4, 0.5) is 0 Å². The highest BCUT2D eigenvalue weighted by molar-refractivity contribution is 4.76. The molecular formula is C18H36O. The first-order valence-corrected chi connectivity index (χ1v) is 8.64. The Kier molecular flexibility index (Phi) is 17.4. The minimum atomic E-state index is 0.370. The summed E-state index contributed by atoms with van der Waals surface area (Å²) in [6.07, 6.45) is 23.4. The van der Waals surface area contributed by atoms with Crippen molar-refractivity contribution in [3.8, 4) is 0 Å². The average Bonchev–Trinajstić information content (AvgIpc) is 2.43. The summed E-state index contributed by atoms with van der Waals surface area (Å²) in [5.74, 6) is 0. The van der Waals surface area contributed by atoms with Gasteiger partial charge in [0.15, 0.2) is 0 Å². The molecule has 19 heavy (non-hydrogen) atoms. The minimum Gasteiger partial charge on any atom is -0.396 e. The molecule has 0 fully saturated rings. The van der Waals surface area contributed by atoms with Crippen LogP contribution in [0, 0.1) is 0 Å². The van der Waals surface area contributed by atoms with E-state index in [2.05, 4.69) is 19.1 Å². The highest BCUT2D eigenvalue weighted by atomic mass is 16.2. The van der Waals surface area contributed by atoms with Gasteiger partial charge >= 0.3 is 0 Å². The van der Waals surface area contributed by atoms with Crippen LogP contribution < -0.4 is 0 Å². The minimum absolute atomic E-state index is 0.370. The average molecular weight is 268 g/mol. The predicted molar refractivity (Wildman–Crippen MR) is 86.5 cm³/mol. The Balaban J connectivity index is 2.91. The zero-order chi connectivity index (χ0) is 14.0. The van der Waals surface area contributed by atoms with Crippen LogP contribution in [0.1, 0.15) is 96.8 Å². The third kappa shape index (κ3) is 17.7. The monoisotopic (exact) mass is 268 g/mol. The van der Waals surface area contributed by atoms with Crippen molar-refractivity contribution in [2.45, 2.75) is 96.8 Å². The van der Waals surface area contributed by atoms with Gasteiger partial charge in [-0.2, -0.15) is 0 Å². The van der Waals surface area contributed by atoms with Crippen molar-refractivity contribution in [3.05, 3.63) is 12.2 Å². The molecule has 0 saturated carbocycles. The number of aliphatic hydroxyl groups is 1. The molecule has 1 heteroatoms. The summed E-state index contributed by atoms with van der Waals surface area (Å²) in [4.78, 5) is 0. The van der Waals surface area contributed by atoms with E-state index in [-0.39, 0.29) is 0 Å². The molecule has 0 heterocycles. The van der Waals surface area contributed by atoms with Crippen LogP contribution in [0.2, 0.25) is 0 Å². The molecule has 0 unspecified atom stereocenters. The van der Waals surface area contributed by atoms with Crippen LogP contribution in [0.15, 0.2) is 12.2 Å². The van der Waals surface area contributed by atoms with E-state index >= 15 is 0 Å². The normalized spacial score (nSPS) is 11.5. The van der Waals surface area contributed by atoms with Gasteiger partial charge in [0.2, 0.25) is 0 Å². The molecule has 0 aromatic heterocycles. The van der Waals surface area contributed by atoms with Crippen molar-refractivity contribution in [2.75, 3.05) is 6.61 Å². The maximum Gasteiger partial charge on any atom is 0.0431 e. The van der Waals surface area contributed by atoms with E-state index < -0.39 is 0 Å². The van der Waals surface area contributed by atoms with Gasteiger partial charge in [0.1, 0.15) is 0 Å². The van der Waals surface area contributed by atoms with Gasteiger partial charge in [-0.25, -0.2) is 0 Å².